The van der Waals surface area contributed by atoms with Crippen molar-refractivity contribution >= 4 is 11.8 Å². The van der Waals surface area contributed by atoms with Gasteiger partial charge in [0.25, 0.3) is 5.91 Å². The summed E-state index contributed by atoms with van der Waals surface area (Å²) in [6.07, 6.45) is 4.03. The SMILES string of the molecule is CC(C)(C)NC(=O)CN1C2CCC1CC(CNC(=O)c1cc(F)cc(C#N)c1)C2. The summed E-state index contributed by atoms with van der Waals surface area (Å²) in [6, 6.07) is 6.25. The van der Waals surface area contributed by atoms with Crippen LogP contribution in [-0.2, 0) is 4.79 Å². The van der Waals surface area contributed by atoms with Gasteiger partial charge in [-0.05, 0) is 70.6 Å². The van der Waals surface area contributed by atoms with Crippen LogP contribution in [0.5, 0.6) is 0 Å². The molecule has 2 saturated heterocycles. The lowest BCUT2D eigenvalue weighted by Gasteiger charge is -2.39. The van der Waals surface area contributed by atoms with Gasteiger partial charge in [0.15, 0.2) is 0 Å². The lowest BCUT2D eigenvalue weighted by molar-refractivity contribution is -0.125. The number of rotatable bonds is 5. The van der Waals surface area contributed by atoms with Crippen LogP contribution < -0.4 is 10.6 Å². The van der Waals surface area contributed by atoms with Gasteiger partial charge in [0, 0.05) is 29.7 Å². The fourth-order valence-electron chi connectivity index (χ4n) is 4.56. The fourth-order valence-corrected chi connectivity index (χ4v) is 4.56. The van der Waals surface area contributed by atoms with Crippen molar-refractivity contribution in [1.82, 2.24) is 15.5 Å². The molecular formula is C22H29FN4O2. The van der Waals surface area contributed by atoms with Crippen LogP contribution in [0.3, 0.4) is 0 Å². The topological polar surface area (TPSA) is 85.2 Å². The first-order valence-corrected chi connectivity index (χ1v) is 10.2. The molecule has 0 radical (unpaired) electrons. The van der Waals surface area contributed by atoms with Crippen molar-refractivity contribution in [2.45, 2.75) is 64.1 Å². The number of piperidine rings is 1. The van der Waals surface area contributed by atoms with Gasteiger partial charge in [0.1, 0.15) is 5.82 Å². The second-order valence-electron chi connectivity index (χ2n) is 9.24. The predicted molar refractivity (Wildman–Crippen MR) is 108 cm³/mol. The zero-order valence-electron chi connectivity index (χ0n) is 17.3. The Labute approximate surface area is 171 Å². The standard InChI is InChI=1S/C22H29FN4O2/c1-22(2,3)26-20(28)13-27-18-4-5-19(27)9-15(8-18)12-25-21(29)16-6-14(11-24)7-17(23)10-16/h6-7,10,15,18-19H,4-5,8-9,12-13H2,1-3H3,(H,25,29)(H,26,28). The molecule has 29 heavy (non-hydrogen) atoms. The summed E-state index contributed by atoms with van der Waals surface area (Å²) in [4.78, 5) is 27.0. The van der Waals surface area contributed by atoms with Gasteiger partial charge in [-0.25, -0.2) is 4.39 Å². The first-order valence-electron chi connectivity index (χ1n) is 10.2. The minimum absolute atomic E-state index is 0.0561. The maximum atomic E-state index is 13.6. The van der Waals surface area contributed by atoms with Crippen molar-refractivity contribution in [1.29, 1.82) is 5.26 Å². The lowest BCUT2D eigenvalue weighted by Crippen LogP contribution is -2.52. The van der Waals surface area contributed by atoms with Gasteiger partial charge in [-0.15, -0.1) is 0 Å². The van der Waals surface area contributed by atoms with Crippen molar-refractivity contribution in [3.05, 3.63) is 35.1 Å². The fraction of sp³-hybridized carbons (Fsp3) is 0.591. The second kappa shape index (κ2) is 8.50. The average Bonchev–Trinajstić information content (AvgIpc) is 2.86. The Bertz CT molecular complexity index is 813. The smallest absolute Gasteiger partial charge is 0.251 e. The van der Waals surface area contributed by atoms with Crippen LogP contribution in [0.2, 0.25) is 0 Å². The zero-order valence-corrected chi connectivity index (χ0v) is 17.3. The molecule has 7 heteroatoms. The van der Waals surface area contributed by atoms with Crippen LogP contribution in [0.4, 0.5) is 4.39 Å². The Kier molecular flexibility index (Phi) is 6.23. The molecule has 1 aromatic rings. The number of fused-ring (bicyclic) bond motifs is 2. The van der Waals surface area contributed by atoms with E-state index in [-0.39, 0.29) is 28.5 Å². The quantitative estimate of drug-likeness (QED) is 0.796. The summed E-state index contributed by atoms with van der Waals surface area (Å²) in [6.45, 7) is 6.88. The van der Waals surface area contributed by atoms with Crippen LogP contribution in [0.25, 0.3) is 0 Å². The third-order valence-electron chi connectivity index (χ3n) is 5.66. The van der Waals surface area contributed by atoms with Gasteiger partial charge in [-0.1, -0.05) is 0 Å². The molecule has 0 aromatic heterocycles. The Balaban J connectivity index is 1.53. The Morgan fingerprint density at radius 2 is 1.86 bits per heavy atom. The number of nitrogens with zero attached hydrogens (tertiary/aromatic N) is 2. The molecule has 0 spiro atoms. The van der Waals surface area contributed by atoms with Gasteiger partial charge in [0.05, 0.1) is 18.2 Å². The van der Waals surface area contributed by atoms with E-state index in [0.717, 1.165) is 37.8 Å². The van der Waals surface area contributed by atoms with Crippen molar-refractivity contribution in [3.63, 3.8) is 0 Å². The second-order valence-corrected chi connectivity index (χ2v) is 9.24. The molecule has 2 aliphatic heterocycles. The van der Waals surface area contributed by atoms with Crippen molar-refractivity contribution in [2.75, 3.05) is 13.1 Å². The van der Waals surface area contributed by atoms with Crippen LogP contribution in [0.1, 0.15) is 62.4 Å². The van der Waals surface area contributed by atoms with Gasteiger partial charge in [-0.3, -0.25) is 14.5 Å². The largest absolute Gasteiger partial charge is 0.352 e. The number of nitriles is 1. The first kappa shape index (κ1) is 21.3. The summed E-state index contributed by atoms with van der Waals surface area (Å²) in [5.41, 5.74) is 0.0666. The molecule has 1 aromatic carbocycles. The summed E-state index contributed by atoms with van der Waals surface area (Å²) in [5, 5.41) is 14.9. The number of benzene rings is 1. The number of carbonyl (C=O) groups excluding carboxylic acids is 2. The molecular weight excluding hydrogens is 371 g/mol. The molecule has 6 nitrogen and oxygen atoms in total. The van der Waals surface area contributed by atoms with Gasteiger partial charge in [0.2, 0.25) is 5.91 Å². The summed E-state index contributed by atoms with van der Waals surface area (Å²) in [5.74, 6) is -0.558. The third kappa shape index (κ3) is 5.54. The molecule has 2 bridgehead atoms. The van der Waals surface area contributed by atoms with E-state index in [0.29, 0.717) is 31.1 Å². The van der Waals surface area contributed by atoms with E-state index < -0.39 is 5.82 Å². The molecule has 2 N–H and O–H groups in total. The number of nitrogens with one attached hydrogen (secondary N) is 2. The Hall–Kier alpha value is -2.46. The van der Waals surface area contributed by atoms with Crippen molar-refractivity contribution in [3.8, 4) is 6.07 Å². The molecule has 2 atom stereocenters. The maximum absolute atomic E-state index is 13.6. The molecule has 156 valence electrons. The number of hydrogen-bond donors (Lipinski definition) is 2. The number of carbonyl (C=O) groups is 2. The molecule has 2 heterocycles. The molecule has 0 saturated carbocycles. The average molecular weight is 400 g/mol. The van der Waals surface area contributed by atoms with Crippen molar-refractivity contribution in [2.24, 2.45) is 5.92 Å². The van der Waals surface area contributed by atoms with Gasteiger partial charge in [-0.2, -0.15) is 5.26 Å². The van der Waals surface area contributed by atoms with E-state index in [2.05, 4.69) is 15.5 Å². The van der Waals surface area contributed by atoms with E-state index in [4.69, 9.17) is 5.26 Å². The van der Waals surface area contributed by atoms with E-state index in [1.54, 1.807) is 0 Å². The summed E-state index contributed by atoms with van der Waals surface area (Å²) >= 11 is 0. The minimum atomic E-state index is -0.589. The first-order chi connectivity index (χ1) is 13.6. The highest BCUT2D eigenvalue weighted by Gasteiger charge is 2.41. The molecule has 2 fully saturated rings. The monoisotopic (exact) mass is 400 g/mol. The number of amides is 2. The van der Waals surface area contributed by atoms with Crippen LogP contribution in [0, 0.1) is 23.1 Å². The predicted octanol–water partition coefficient (Wildman–Crippen LogP) is 2.58. The molecule has 2 aliphatic rings. The minimum Gasteiger partial charge on any atom is -0.352 e. The highest BCUT2D eigenvalue weighted by molar-refractivity contribution is 5.94. The van der Waals surface area contributed by atoms with Gasteiger partial charge >= 0.3 is 0 Å². The zero-order chi connectivity index (χ0) is 21.2. The molecule has 2 amide bonds. The molecule has 0 aliphatic carbocycles. The normalized spacial score (nSPS) is 24.0. The molecule has 2 unspecified atom stereocenters. The van der Waals surface area contributed by atoms with Crippen molar-refractivity contribution < 1.29 is 14.0 Å². The van der Waals surface area contributed by atoms with E-state index >= 15 is 0 Å². The van der Waals surface area contributed by atoms with E-state index in [1.165, 1.54) is 6.07 Å². The van der Waals surface area contributed by atoms with Gasteiger partial charge < -0.3 is 10.6 Å². The highest BCUT2D eigenvalue weighted by Crippen LogP contribution is 2.38. The number of halogens is 1. The van der Waals surface area contributed by atoms with E-state index in [9.17, 15) is 14.0 Å². The van der Waals surface area contributed by atoms with Crippen LogP contribution >= 0.6 is 0 Å². The third-order valence-corrected chi connectivity index (χ3v) is 5.66. The summed E-state index contributed by atoms with van der Waals surface area (Å²) < 4.78 is 13.6. The molecule has 3 rings (SSSR count). The maximum Gasteiger partial charge on any atom is 0.251 e. The lowest BCUT2D eigenvalue weighted by atomic mass is 9.90. The van der Waals surface area contributed by atoms with E-state index in [1.807, 2.05) is 26.8 Å². The van der Waals surface area contributed by atoms with Crippen LogP contribution in [-0.4, -0.2) is 47.4 Å². The Morgan fingerprint density at radius 3 is 2.45 bits per heavy atom. The highest BCUT2D eigenvalue weighted by atomic mass is 19.1. The summed E-state index contributed by atoms with van der Waals surface area (Å²) in [7, 11) is 0. The van der Waals surface area contributed by atoms with Crippen LogP contribution in [0.15, 0.2) is 18.2 Å². The Morgan fingerprint density at radius 1 is 1.21 bits per heavy atom. The number of hydrogen-bond acceptors (Lipinski definition) is 4.